The van der Waals surface area contributed by atoms with Gasteiger partial charge in [-0.2, -0.15) is 0 Å². The van der Waals surface area contributed by atoms with E-state index in [-0.39, 0.29) is 0 Å². The van der Waals surface area contributed by atoms with Crippen LogP contribution >= 0.6 is 0 Å². The van der Waals surface area contributed by atoms with E-state index in [0.717, 1.165) is 28.8 Å². The van der Waals surface area contributed by atoms with Gasteiger partial charge >= 0.3 is 0 Å². The molecule has 3 rings (SSSR count). The number of rotatable bonds is 3. The third-order valence-electron chi connectivity index (χ3n) is 4.52. The molecule has 2 atom stereocenters. The molecule has 0 bridgehead atoms. The Morgan fingerprint density at radius 3 is 2.85 bits per heavy atom. The Morgan fingerprint density at radius 1 is 1.25 bits per heavy atom. The summed E-state index contributed by atoms with van der Waals surface area (Å²) >= 11 is 0. The molecule has 1 saturated carbocycles. The topological polar surface area (TPSA) is 38.1 Å². The van der Waals surface area contributed by atoms with Gasteiger partial charge < -0.3 is 9.73 Å². The first-order valence-corrected chi connectivity index (χ1v) is 7.77. The van der Waals surface area contributed by atoms with Crippen molar-refractivity contribution in [2.45, 2.75) is 52.5 Å². The second kappa shape index (κ2) is 5.47. The molecule has 2 unspecified atom stereocenters. The smallest absolute Gasteiger partial charge is 0.192 e. The molecule has 2 aromatic rings. The van der Waals surface area contributed by atoms with E-state index in [2.05, 4.69) is 36.3 Å². The Kier molecular flexibility index (Phi) is 3.68. The number of aromatic nitrogens is 1. The van der Waals surface area contributed by atoms with Gasteiger partial charge in [0.1, 0.15) is 5.52 Å². The van der Waals surface area contributed by atoms with Crippen molar-refractivity contribution in [2.75, 3.05) is 5.32 Å². The van der Waals surface area contributed by atoms with E-state index in [4.69, 9.17) is 4.42 Å². The van der Waals surface area contributed by atoms with Crippen LogP contribution in [0.5, 0.6) is 0 Å². The summed E-state index contributed by atoms with van der Waals surface area (Å²) in [5.41, 5.74) is 2.99. The number of benzene rings is 1. The molecular formula is C17H24N2O. The van der Waals surface area contributed by atoms with Gasteiger partial charge in [0, 0.05) is 18.7 Å². The molecule has 1 aromatic carbocycles. The molecule has 1 aliphatic rings. The van der Waals surface area contributed by atoms with Gasteiger partial charge in [-0.05, 0) is 42.9 Å². The van der Waals surface area contributed by atoms with Gasteiger partial charge in [0.05, 0.1) is 0 Å². The lowest BCUT2D eigenvalue weighted by Gasteiger charge is -2.35. The third kappa shape index (κ3) is 2.67. The largest absolute Gasteiger partial charge is 0.441 e. The van der Waals surface area contributed by atoms with Gasteiger partial charge in [-0.15, -0.1) is 0 Å². The van der Waals surface area contributed by atoms with Crippen LogP contribution in [0.2, 0.25) is 0 Å². The van der Waals surface area contributed by atoms with Crippen LogP contribution in [0.15, 0.2) is 22.6 Å². The van der Waals surface area contributed by atoms with E-state index in [1.807, 2.05) is 13.0 Å². The zero-order valence-corrected chi connectivity index (χ0v) is 12.6. The standard InChI is InChI=1S/C17H24N2O/c1-11(2)14-6-4-5-7-15(14)19-13-8-9-17-16(10-13)18-12(3)20-17/h8-11,14-15,19H,4-7H2,1-3H3. The third-order valence-corrected chi connectivity index (χ3v) is 4.52. The van der Waals surface area contributed by atoms with Gasteiger partial charge in [0.15, 0.2) is 11.5 Å². The maximum Gasteiger partial charge on any atom is 0.192 e. The first kappa shape index (κ1) is 13.5. The minimum atomic E-state index is 0.592. The quantitative estimate of drug-likeness (QED) is 0.875. The summed E-state index contributed by atoms with van der Waals surface area (Å²) in [6, 6.07) is 6.83. The first-order chi connectivity index (χ1) is 9.63. The first-order valence-electron chi connectivity index (χ1n) is 7.77. The minimum absolute atomic E-state index is 0.592. The van der Waals surface area contributed by atoms with Gasteiger partial charge in [0.25, 0.3) is 0 Å². The Balaban J connectivity index is 1.80. The molecule has 1 aromatic heterocycles. The number of nitrogens with one attached hydrogen (secondary N) is 1. The van der Waals surface area contributed by atoms with E-state index < -0.39 is 0 Å². The summed E-state index contributed by atoms with van der Waals surface area (Å²) in [7, 11) is 0. The highest BCUT2D eigenvalue weighted by molar-refractivity contribution is 5.77. The van der Waals surface area contributed by atoms with Crippen LogP contribution in [0.3, 0.4) is 0 Å². The molecule has 0 aliphatic heterocycles. The Labute approximate surface area is 120 Å². The Hall–Kier alpha value is -1.51. The summed E-state index contributed by atoms with van der Waals surface area (Å²) in [5, 5.41) is 3.73. The number of hydrogen-bond acceptors (Lipinski definition) is 3. The molecule has 0 amide bonds. The molecule has 1 fully saturated rings. The number of anilines is 1. The zero-order valence-electron chi connectivity index (χ0n) is 12.6. The average Bonchev–Trinajstić information content (AvgIpc) is 2.78. The van der Waals surface area contributed by atoms with Gasteiger partial charge in [-0.1, -0.05) is 26.7 Å². The van der Waals surface area contributed by atoms with Crippen LogP contribution in [0.4, 0.5) is 5.69 Å². The van der Waals surface area contributed by atoms with Crippen molar-refractivity contribution in [3.05, 3.63) is 24.1 Å². The van der Waals surface area contributed by atoms with Crippen molar-refractivity contribution in [3.63, 3.8) is 0 Å². The molecule has 0 saturated heterocycles. The van der Waals surface area contributed by atoms with Crippen molar-refractivity contribution in [3.8, 4) is 0 Å². The Morgan fingerprint density at radius 2 is 2.05 bits per heavy atom. The summed E-state index contributed by atoms with van der Waals surface area (Å²) in [4.78, 5) is 4.41. The lowest BCUT2D eigenvalue weighted by atomic mass is 9.78. The van der Waals surface area contributed by atoms with Crippen LogP contribution in [0, 0.1) is 18.8 Å². The molecule has 108 valence electrons. The van der Waals surface area contributed by atoms with Gasteiger partial charge in [-0.25, -0.2) is 4.98 Å². The molecule has 1 N–H and O–H groups in total. The highest BCUT2D eigenvalue weighted by Crippen LogP contribution is 2.32. The highest BCUT2D eigenvalue weighted by Gasteiger charge is 2.27. The molecule has 3 nitrogen and oxygen atoms in total. The number of hydrogen-bond donors (Lipinski definition) is 1. The van der Waals surface area contributed by atoms with E-state index in [1.54, 1.807) is 0 Å². The molecule has 0 spiro atoms. The van der Waals surface area contributed by atoms with E-state index in [1.165, 1.54) is 31.4 Å². The molecular weight excluding hydrogens is 248 g/mol. The second-order valence-electron chi connectivity index (χ2n) is 6.36. The summed E-state index contributed by atoms with van der Waals surface area (Å²) in [6.45, 7) is 6.58. The normalized spacial score (nSPS) is 23.4. The monoisotopic (exact) mass is 272 g/mol. The Bertz CT molecular complexity index is 588. The average molecular weight is 272 g/mol. The van der Waals surface area contributed by atoms with Crippen molar-refractivity contribution in [2.24, 2.45) is 11.8 Å². The molecule has 1 aliphatic carbocycles. The SMILES string of the molecule is Cc1nc2cc(NC3CCCCC3C(C)C)ccc2o1. The highest BCUT2D eigenvalue weighted by atomic mass is 16.3. The fraction of sp³-hybridized carbons (Fsp3) is 0.588. The lowest BCUT2D eigenvalue weighted by Crippen LogP contribution is -2.35. The van der Waals surface area contributed by atoms with Gasteiger partial charge in [0.2, 0.25) is 0 Å². The number of fused-ring (bicyclic) bond motifs is 1. The number of oxazole rings is 1. The lowest BCUT2D eigenvalue weighted by molar-refractivity contribution is 0.254. The summed E-state index contributed by atoms with van der Waals surface area (Å²) < 4.78 is 5.53. The molecule has 20 heavy (non-hydrogen) atoms. The van der Waals surface area contributed by atoms with Gasteiger partial charge in [-0.3, -0.25) is 0 Å². The van der Waals surface area contributed by atoms with Crippen LogP contribution in [-0.4, -0.2) is 11.0 Å². The molecule has 3 heteroatoms. The van der Waals surface area contributed by atoms with Crippen LogP contribution in [0.25, 0.3) is 11.1 Å². The predicted molar refractivity (Wildman–Crippen MR) is 83.0 cm³/mol. The van der Waals surface area contributed by atoms with E-state index in [0.29, 0.717) is 6.04 Å². The summed E-state index contributed by atoms with van der Waals surface area (Å²) in [6.07, 6.45) is 5.34. The van der Waals surface area contributed by atoms with E-state index in [9.17, 15) is 0 Å². The van der Waals surface area contributed by atoms with Crippen molar-refractivity contribution in [1.82, 2.24) is 4.98 Å². The fourth-order valence-electron chi connectivity index (χ4n) is 3.48. The van der Waals surface area contributed by atoms with Crippen LogP contribution in [0.1, 0.15) is 45.4 Å². The molecule has 1 heterocycles. The minimum Gasteiger partial charge on any atom is -0.441 e. The van der Waals surface area contributed by atoms with Crippen molar-refractivity contribution in [1.29, 1.82) is 0 Å². The van der Waals surface area contributed by atoms with E-state index >= 15 is 0 Å². The predicted octanol–water partition coefficient (Wildman–Crippen LogP) is 4.76. The van der Waals surface area contributed by atoms with Crippen molar-refractivity contribution >= 4 is 16.8 Å². The van der Waals surface area contributed by atoms with Crippen LogP contribution < -0.4 is 5.32 Å². The fourth-order valence-corrected chi connectivity index (χ4v) is 3.48. The maximum absolute atomic E-state index is 5.53. The number of nitrogens with zero attached hydrogens (tertiary/aromatic N) is 1. The van der Waals surface area contributed by atoms with Crippen LogP contribution in [-0.2, 0) is 0 Å². The van der Waals surface area contributed by atoms with Crippen molar-refractivity contribution < 1.29 is 4.42 Å². The summed E-state index contributed by atoms with van der Waals surface area (Å²) in [5.74, 6) is 2.25. The molecule has 0 radical (unpaired) electrons. The number of aryl methyl sites for hydroxylation is 1. The maximum atomic E-state index is 5.53. The zero-order chi connectivity index (χ0) is 14.1. The second-order valence-corrected chi connectivity index (χ2v) is 6.36.